The first-order valence-electron chi connectivity index (χ1n) is 10.6. The molecule has 1 saturated heterocycles. The molecule has 0 saturated carbocycles. The zero-order chi connectivity index (χ0) is 23.1. The van der Waals surface area contributed by atoms with Crippen LogP contribution in [-0.2, 0) is 21.2 Å². The van der Waals surface area contributed by atoms with Crippen LogP contribution < -0.4 is 14.2 Å². The molecule has 0 atom stereocenters. The quantitative estimate of drug-likeness (QED) is 0.569. The van der Waals surface area contributed by atoms with Gasteiger partial charge in [-0.2, -0.15) is 4.31 Å². The van der Waals surface area contributed by atoms with Crippen molar-refractivity contribution in [1.82, 2.24) is 9.21 Å². The minimum atomic E-state index is -3.60. The van der Waals surface area contributed by atoms with Gasteiger partial charge in [-0.3, -0.25) is 4.79 Å². The average molecular weight is 463 g/mol. The summed E-state index contributed by atoms with van der Waals surface area (Å²) in [7, 11) is -0.426. The first-order valence-corrected chi connectivity index (χ1v) is 12.0. The number of hydrogen-bond donors (Lipinski definition) is 0. The summed E-state index contributed by atoms with van der Waals surface area (Å²) in [4.78, 5) is 14.6. The van der Waals surface area contributed by atoms with Gasteiger partial charge in [0.15, 0.2) is 0 Å². The van der Waals surface area contributed by atoms with Crippen LogP contribution in [0.2, 0.25) is 0 Å². The molecule has 1 amide bonds. The van der Waals surface area contributed by atoms with Crippen molar-refractivity contribution in [3.05, 3.63) is 48.0 Å². The third-order valence-corrected chi connectivity index (χ3v) is 7.32. The third kappa shape index (κ3) is 5.72. The Hall–Kier alpha value is -2.78. The lowest BCUT2D eigenvalue weighted by Gasteiger charge is -2.34. The molecule has 8 nitrogen and oxygen atoms in total. The molecule has 2 aromatic rings. The highest BCUT2D eigenvalue weighted by Crippen LogP contribution is 2.24. The summed E-state index contributed by atoms with van der Waals surface area (Å²) >= 11 is 0. The summed E-state index contributed by atoms with van der Waals surface area (Å²) in [6, 6.07) is 12.0. The van der Waals surface area contributed by atoms with Gasteiger partial charge >= 0.3 is 0 Å². The normalized spacial score (nSPS) is 14.8. The number of aryl methyl sites for hydroxylation is 1. The van der Waals surface area contributed by atoms with Crippen LogP contribution in [-0.4, -0.2) is 70.5 Å². The molecule has 2 aromatic carbocycles. The highest BCUT2D eigenvalue weighted by Gasteiger charge is 2.30. The highest BCUT2D eigenvalue weighted by molar-refractivity contribution is 7.89. The molecule has 1 aliphatic rings. The summed E-state index contributed by atoms with van der Waals surface area (Å²) in [6.45, 7) is 3.68. The van der Waals surface area contributed by atoms with Gasteiger partial charge in [-0.25, -0.2) is 8.42 Å². The average Bonchev–Trinajstić information content (AvgIpc) is 2.83. The number of carbonyl (C=O) groups is 1. The molecule has 0 aromatic heterocycles. The molecule has 0 radical (unpaired) electrons. The molecule has 0 bridgehead atoms. The summed E-state index contributed by atoms with van der Waals surface area (Å²) in [5.74, 6) is 2.00. The number of piperazine rings is 1. The fraction of sp³-hybridized carbons (Fsp3) is 0.435. The second kappa shape index (κ2) is 10.7. The second-order valence-corrected chi connectivity index (χ2v) is 9.35. The van der Waals surface area contributed by atoms with Gasteiger partial charge < -0.3 is 19.1 Å². The predicted octanol–water partition coefficient (Wildman–Crippen LogP) is 2.57. The van der Waals surface area contributed by atoms with E-state index in [-0.39, 0.29) is 23.9 Å². The maximum absolute atomic E-state index is 12.9. The number of hydrogen-bond acceptors (Lipinski definition) is 6. The zero-order valence-corrected chi connectivity index (χ0v) is 19.6. The lowest BCUT2D eigenvalue weighted by Crippen LogP contribution is -2.50. The van der Waals surface area contributed by atoms with Crippen LogP contribution in [0.3, 0.4) is 0 Å². The SMILES string of the molecule is CCOc1ccc(S(=O)(=O)N2CCN(C(=O)CCc3cc(OC)cc(OC)c3)CC2)cc1. The summed E-state index contributed by atoms with van der Waals surface area (Å²) < 4.78 is 43.2. The lowest BCUT2D eigenvalue weighted by molar-refractivity contribution is -0.132. The largest absolute Gasteiger partial charge is 0.497 e. The summed E-state index contributed by atoms with van der Waals surface area (Å²) in [5, 5.41) is 0. The van der Waals surface area contributed by atoms with Gasteiger partial charge in [-0.05, 0) is 55.3 Å². The van der Waals surface area contributed by atoms with Gasteiger partial charge in [0.1, 0.15) is 17.2 Å². The lowest BCUT2D eigenvalue weighted by atomic mass is 10.1. The Kier molecular flexibility index (Phi) is 7.98. The summed E-state index contributed by atoms with van der Waals surface area (Å²) in [5.41, 5.74) is 0.950. The topological polar surface area (TPSA) is 85.4 Å². The van der Waals surface area contributed by atoms with Crippen molar-refractivity contribution in [3.63, 3.8) is 0 Å². The molecule has 174 valence electrons. The monoisotopic (exact) mass is 462 g/mol. The van der Waals surface area contributed by atoms with E-state index in [1.54, 1.807) is 49.5 Å². The molecule has 0 unspecified atom stereocenters. The third-order valence-electron chi connectivity index (χ3n) is 5.40. The van der Waals surface area contributed by atoms with Gasteiger partial charge in [-0.1, -0.05) is 0 Å². The Morgan fingerprint density at radius 1 is 0.906 bits per heavy atom. The van der Waals surface area contributed by atoms with Crippen LogP contribution in [0.15, 0.2) is 47.4 Å². The van der Waals surface area contributed by atoms with E-state index < -0.39 is 10.0 Å². The van der Waals surface area contributed by atoms with Gasteiger partial charge in [0.25, 0.3) is 0 Å². The first kappa shape index (κ1) is 23.9. The Balaban J connectivity index is 1.55. The Morgan fingerprint density at radius 2 is 1.50 bits per heavy atom. The van der Waals surface area contributed by atoms with Crippen LogP contribution in [0.4, 0.5) is 0 Å². The van der Waals surface area contributed by atoms with E-state index in [1.807, 2.05) is 19.1 Å². The van der Waals surface area contributed by atoms with Crippen molar-refractivity contribution in [2.45, 2.75) is 24.7 Å². The second-order valence-electron chi connectivity index (χ2n) is 7.41. The number of methoxy groups -OCH3 is 2. The minimum absolute atomic E-state index is 0.00454. The van der Waals surface area contributed by atoms with E-state index in [1.165, 1.54) is 4.31 Å². The van der Waals surface area contributed by atoms with Crippen LogP contribution in [0.1, 0.15) is 18.9 Å². The number of carbonyl (C=O) groups excluding carboxylic acids is 1. The van der Waals surface area contributed by atoms with Gasteiger partial charge in [-0.15, -0.1) is 0 Å². The van der Waals surface area contributed by atoms with E-state index in [0.29, 0.717) is 49.8 Å². The van der Waals surface area contributed by atoms with Crippen molar-refractivity contribution in [2.24, 2.45) is 0 Å². The standard InChI is InChI=1S/C23H30N2O6S/c1-4-31-19-6-8-22(9-7-19)32(27,28)25-13-11-24(12-14-25)23(26)10-5-18-15-20(29-2)17-21(16-18)30-3/h6-9,15-17H,4-5,10-14H2,1-3H3. The van der Waals surface area contributed by atoms with Crippen molar-refractivity contribution in [2.75, 3.05) is 47.0 Å². The van der Waals surface area contributed by atoms with Gasteiger partial charge in [0.05, 0.1) is 25.7 Å². The van der Waals surface area contributed by atoms with E-state index in [0.717, 1.165) is 5.56 Å². The van der Waals surface area contributed by atoms with Gasteiger partial charge in [0, 0.05) is 38.7 Å². The molecule has 9 heteroatoms. The van der Waals surface area contributed by atoms with Crippen molar-refractivity contribution in [3.8, 4) is 17.2 Å². The molecular weight excluding hydrogens is 432 g/mol. The maximum Gasteiger partial charge on any atom is 0.243 e. The van der Waals surface area contributed by atoms with E-state index in [9.17, 15) is 13.2 Å². The molecule has 1 heterocycles. The van der Waals surface area contributed by atoms with Crippen LogP contribution in [0.5, 0.6) is 17.2 Å². The number of benzene rings is 2. The molecule has 0 N–H and O–H groups in total. The van der Waals surface area contributed by atoms with E-state index in [2.05, 4.69) is 0 Å². The Bertz CT molecular complexity index is 993. The number of ether oxygens (including phenoxy) is 3. The van der Waals surface area contributed by atoms with Crippen LogP contribution >= 0.6 is 0 Å². The first-order chi connectivity index (χ1) is 15.4. The Morgan fingerprint density at radius 3 is 2.03 bits per heavy atom. The van der Waals surface area contributed by atoms with Gasteiger partial charge in [0.2, 0.25) is 15.9 Å². The molecule has 3 rings (SSSR count). The molecule has 1 fully saturated rings. The molecule has 1 aliphatic heterocycles. The fourth-order valence-electron chi connectivity index (χ4n) is 3.62. The number of rotatable bonds is 9. The number of sulfonamides is 1. The molecule has 0 aliphatic carbocycles. The van der Waals surface area contributed by atoms with Crippen LogP contribution in [0.25, 0.3) is 0 Å². The van der Waals surface area contributed by atoms with Crippen molar-refractivity contribution in [1.29, 1.82) is 0 Å². The number of nitrogens with zero attached hydrogens (tertiary/aromatic N) is 2. The zero-order valence-electron chi connectivity index (χ0n) is 18.7. The fourth-order valence-corrected chi connectivity index (χ4v) is 5.04. The smallest absolute Gasteiger partial charge is 0.243 e. The van der Waals surface area contributed by atoms with E-state index in [4.69, 9.17) is 14.2 Å². The predicted molar refractivity (Wildman–Crippen MR) is 121 cm³/mol. The van der Waals surface area contributed by atoms with E-state index >= 15 is 0 Å². The molecule has 32 heavy (non-hydrogen) atoms. The Labute approximate surface area is 189 Å². The minimum Gasteiger partial charge on any atom is -0.497 e. The van der Waals surface area contributed by atoms with Crippen molar-refractivity contribution >= 4 is 15.9 Å². The summed E-state index contributed by atoms with van der Waals surface area (Å²) in [6.07, 6.45) is 0.888. The molecule has 0 spiro atoms. The van der Waals surface area contributed by atoms with Crippen molar-refractivity contribution < 1.29 is 27.4 Å². The maximum atomic E-state index is 12.9. The highest BCUT2D eigenvalue weighted by atomic mass is 32.2. The number of amides is 1. The van der Waals surface area contributed by atoms with Crippen LogP contribution in [0, 0.1) is 0 Å². The molecular formula is C23H30N2O6S.